The Morgan fingerprint density at radius 2 is 1.93 bits per heavy atom. The van der Waals surface area contributed by atoms with E-state index in [0.717, 1.165) is 17.9 Å². The van der Waals surface area contributed by atoms with E-state index in [9.17, 15) is 9.59 Å². The van der Waals surface area contributed by atoms with Crippen LogP contribution in [0.15, 0.2) is 51.5 Å². The summed E-state index contributed by atoms with van der Waals surface area (Å²) in [5.41, 5.74) is 1.27. The molecule has 3 rings (SSSR count). The Bertz CT molecular complexity index is 916. The van der Waals surface area contributed by atoms with Crippen molar-refractivity contribution in [3.05, 3.63) is 54.1 Å². The molecule has 0 aliphatic rings. The highest BCUT2D eigenvalue weighted by Crippen LogP contribution is 2.17. The molecule has 0 saturated heterocycles. The largest absolute Gasteiger partial charge is 0.459 e. The number of aromatic nitrogens is 2. The first-order valence-electron chi connectivity index (χ1n) is 9.16. The van der Waals surface area contributed by atoms with Gasteiger partial charge in [0.2, 0.25) is 0 Å². The van der Waals surface area contributed by atoms with E-state index in [1.165, 1.54) is 6.92 Å². The summed E-state index contributed by atoms with van der Waals surface area (Å²) in [6, 6.07) is 10.3. The van der Waals surface area contributed by atoms with Gasteiger partial charge in [-0.3, -0.25) is 9.59 Å². The van der Waals surface area contributed by atoms with E-state index >= 15 is 0 Å². The maximum absolute atomic E-state index is 12.4. The van der Waals surface area contributed by atoms with Gasteiger partial charge in [0, 0.05) is 11.3 Å². The predicted octanol–water partition coefficient (Wildman–Crippen LogP) is 1.97. The van der Waals surface area contributed by atoms with Crippen LogP contribution in [0, 0.1) is 0 Å². The molecule has 1 amide bonds. The Kier molecular flexibility index (Phi) is 6.33. The van der Waals surface area contributed by atoms with E-state index in [2.05, 4.69) is 22.4 Å². The molecule has 2 N–H and O–H groups in total. The third-order valence-corrected chi connectivity index (χ3v) is 4.19. The van der Waals surface area contributed by atoms with Gasteiger partial charge in [0.25, 0.3) is 17.7 Å². The lowest BCUT2D eigenvalue weighted by Crippen LogP contribution is -3.11. The van der Waals surface area contributed by atoms with Crippen molar-refractivity contribution in [2.24, 2.45) is 0 Å². The minimum atomic E-state index is -0.121. The smallest absolute Gasteiger partial charge is 0.283 e. The number of hydrogen-bond donors (Lipinski definition) is 2. The number of amides is 1. The summed E-state index contributed by atoms with van der Waals surface area (Å²) < 4.78 is 10.9. The van der Waals surface area contributed by atoms with E-state index in [1.807, 2.05) is 0 Å². The molecule has 8 nitrogen and oxygen atoms in total. The highest BCUT2D eigenvalue weighted by molar-refractivity contribution is 5.95. The van der Waals surface area contributed by atoms with E-state index in [0.29, 0.717) is 35.3 Å². The Hall–Kier alpha value is -3.26. The molecule has 0 aliphatic carbocycles. The number of carbonyl (C=O) groups is 2. The number of hydrogen-bond acceptors (Lipinski definition) is 6. The summed E-state index contributed by atoms with van der Waals surface area (Å²) in [4.78, 5) is 24.8. The van der Waals surface area contributed by atoms with E-state index in [1.54, 1.807) is 42.7 Å². The molecule has 0 fully saturated rings. The van der Waals surface area contributed by atoms with Crippen LogP contribution in [0.25, 0.3) is 11.7 Å². The zero-order chi connectivity index (χ0) is 19.9. The summed E-state index contributed by atoms with van der Waals surface area (Å²) in [5, 5.41) is 10.9. The van der Waals surface area contributed by atoms with Gasteiger partial charge in [0.15, 0.2) is 24.6 Å². The second-order valence-corrected chi connectivity index (χ2v) is 6.51. The van der Waals surface area contributed by atoms with Crippen LogP contribution in [0.4, 0.5) is 5.69 Å². The van der Waals surface area contributed by atoms with Crippen LogP contribution in [0.2, 0.25) is 0 Å². The molecule has 146 valence electrons. The standard InChI is InChI=1S/C20H22N4O4/c1-3-10-24(13-19-22-23-20(28-19)17-5-4-11-27-17)12-18(26)21-16-8-6-15(7-9-16)14(2)25/h4-9,11H,3,10,12-13H2,1-2H3,(H,21,26)/p+1. The number of nitrogens with one attached hydrogen (secondary N) is 2. The van der Waals surface area contributed by atoms with Crippen LogP contribution < -0.4 is 10.2 Å². The highest BCUT2D eigenvalue weighted by Gasteiger charge is 2.19. The Morgan fingerprint density at radius 3 is 2.57 bits per heavy atom. The summed E-state index contributed by atoms with van der Waals surface area (Å²) in [6.45, 7) is 5.06. The summed E-state index contributed by atoms with van der Waals surface area (Å²) in [7, 11) is 0. The molecule has 2 aromatic heterocycles. The highest BCUT2D eigenvalue weighted by atomic mass is 16.4. The van der Waals surface area contributed by atoms with Crippen molar-refractivity contribution >= 4 is 17.4 Å². The molecule has 2 heterocycles. The van der Waals surface area contributed by atoms with E-state index < -0.39 is 0 Å². The lowest BCUT2D eigenvalue weighted by atomic mass is 10.1. The van der Waals surface area contributed by atoms with Crippen molar-refractivity contribution in [2.75, 3.05) is 18.4 Å². The number of benzene rings is 1. The van der Waals surface area contributed by atoms with Gasteiger partial charge in [-0.25, -0.2) is 0 Å². The van der Waals surface area contributed by atoms with Gasteiger partial charge in [0.1, 0.15) is 0 Å². The van der Waals surface area contributed by atoms with Crippen molar-refractivity contribution in [1.29, 1.82) is 0 Å². The first kappa shape index (κ1) is 19.5. The maximum atomic E-state index is 12.4. The molecule has 0 saturated carbocycles. The Labute approximate surface area is 162 Å². The quantitative estimate of drug-likeness (QED) is 0.548. The van der Waals surface area contributed by atoms with Gasteiger partial charge in [-0.1, -0.05) is 6.92 Å². The number of nitrogens with zero attached hydrogens (tertiary/aromatic N) is 2. The summed E-state index contributed by atoms with van der Waals surface area (Å²) in [6.07, 6.45) is 2.45. The minimum absolute atomic E-state index is 0.00934. The van der Waals surface area contributed by atoms with Gasteiger partial charge < -0.3 is 19.1 Å². The number of furan rings is 1. The lowest BCUT2D eigenvalue weighted by Gasteiger charge is -2.16. The Morgan fingerprint density at radius 1 is 1.14 bits per heavy atom. The number of rotatable bonds is 9. The molecular weight excluding hydrogens is 360 g/mol. The molecule has 1 aromatic carbocycles. The van der Waals surface area contributed by atoms with E-state index in [4.69, 9.17) is 8.83 Å². The van der Waals surface area contributed by atoms with Crippen molar-refractivity contribution in [3.8, 4) is 11.7 Å². The minimum Gasteiger partial charge on any atom is -0.459 e. The van der Waals surface area contributed by atoms with Crippen molar-refractivity contribution in [1.82, 2.24) is 10.2 Å². The lowest BCUT2D eigenvalue weighted by molar-refractivity contribution is -0.907. The third kappa shape index (κ3) is 5.14. The van der Waals surface area contributed by atoms with Crippen LogP contribution in [0.1, 0.15) is 36.5 Å². The number of ketones is 1. The average molecular weight is 383 g/mol. The van der Waals surface area contributed by atoms with Gasteiger partial charge in [-0.2, -0.15) is 0 Å². The van der Waals surface area contributed by atoms with E-state index in [-0.39, 0.29) is 18.2 Å². The van der Waals surface area contributed by atoms with Crippen molar-refractivity contribution in [2.45, 2.75) is 26.8 Å². The zero-order valence-electron chi connectivity index (χ0n) is 15.9. The molecule has 1 atom stereocenters. The van der Waals surface area contributed by atoms with Gasteiger partial charge in [-0.15, -0.1) is 10.2 Å². The average Bonchev–Trinajstić information content (AvgIpc) is 3.33. The monoisotopic (exact) mass is 383 g/mol. The van der Waals surface area contributed by atoms with Crippen LogP contribution in [-0.2, 0) is 11.3 Å². The first-order chi connectivity index (χ1) is 13.5. The van der Waals surface area contributed by atoms with Crippen molar-refractivity contribution in [3.63, 3.8) is 0 Å². The SMILES string of the molecule is CCC[NH+](CC(=O)Nc1ccc(C(C)=O)cc1)Cc1nnc(-c2ccco2)o1. The molecule has 0 spiro atoms. The number of quaternary nitrogens is 1. The summed E-state index contributed by atoms with van der Waals surface area (Å²) in [5.74, 6) is 1.16. The number of Topliss-reactive ketones (excluding diaryl/α,β-unsaturated/α-hetero) is 1. The van der Waals surface area contributed by atoms with Crippen molar-refractivity contribution < 1.29 is 23.3 Å². The first-order valence-corrected chi connectivity index (χ1v) is 9.16. The third-order valence-electron chi connectivity index (χ3n) is 4.19. The number of carbonyl (C=O) groups excluding carboxylic acids is 2. The second-order valence-electron chi connectivity index (χ2n) is 6.51. The Balaban J connectivity index is 1.59. The molecule has 3 aromatic rings. The topological polar surface area (TPSA) is 103 Å². The predicted molar refractivity (Wildman–Crippen MR) is 102 cm³/mol. The van der Waals surface area contributed by atoms with Gasteiger partial charge in [0.05, 0.1) is 12.8 Å². The molecule has 0 radical (unpaired) electrons. The van der Waals surface area contributed by atoms with Crippen LogP contribution in [-0.4, -0.2) is 35.0 Å². The molecule has 28 heavy (non-hydrogen) atoms. The fourth-order valence-corrected chi connectivity index (χ4v) is 2.85. The van der Waals surface area contributed by atoms with Gasteiger partial charge >= 0.3 is 0 Å². The fraction of sp³-hybridized carbons (Fsp3) is 0.300. The zero-order valence-corrected chi connectivity index (χ0v) is 15.9. The van der Waals surface area contributed by atoms with Crippen LogP contribution >= 0.6 is 0 Å². The molecule has 1 unspecified atom stereocenters. The van der Waals surface area contributed by atoms with Crippen LogP contribution in [0.5, 0.6) is 0 Å². The maximum Gasteiger partial charge on any atom is 0.283 e. The molecule has 0 aliphatic heterocycles. The van der Waals surface area contributed by atoms with Crippen LogP contribution in [0.3, 0.4) is 0 Å². The fourth-order valence-electron chi connectivity index (χ4n) is 2.85. The molecular formula is C20H23N4O4+. The molecule has 8 heteroatoms. The second kappa shape index (κ2) is 9.09. The molecule has 0 bridgehead atoms. The van der Waals surface area contributed by atoms with Gasteiger partial charge in [-0.05, 0) is 49.7 Å². The normalized spacial score (nSPS) is 11.9. The number of anilines is 1. The summed E-state index contributed by atoms with van der Waals surface area (Å²) >= 11 is 0.